The van der Waals surface area contributed by atoms with Gasteiger partial charge in [-0.15, -0.1) is 0 Å². The summed E-state index contributed by atoms with van der Waals surface area (Å²) >= 11 is 0. The van der Waals surface area contributed by atoms with E-state index < -0.39 is 11.7 Å². The van der Waals surface area contributed by atoms with E-state index in [0.29, 0.717) is 30.2 Å². The van der Waals surface area contributed by atoms with E-state index in [1.54, 1.807) is 12.1 Å². The number of rotatable bonds is 3. The lowest BCUT2D eigenvalue weighted by atomic mass is 10.0. The Hall–Kier alpha value is -3.03. The summed E-state index contributed by atoms with van der Waals surface area (Å²) in [5.74, 6) is 0.0153. The number of alkyl halides is 3. The van der Waals surface area contributed by atoms with Crippen molar-refractivity contribution in [2.24, 2.45) is 0 Å². The first-order valence-electron chi connectivity index (χ1n) is 7.91. The predicted octanol–water partition coefficient (Wildman–Crippen LogP) is 3.05. The molecule has 3 rings (SSSR count). The average Bonchev–Trinajstić information content (AvgIpc) is 2.60. The number of pyridine rings is 1. The zero-order valence-electron chi connectivity index (χ0n) is 13.8. The summed E-state index contributed by atoms with van der Waals surface area (Å²) in [5, 5.41) is 2.80. The van der Waals surface area contributed by atoms with Gasteiger partial charge in [0.15, 0.2) is 0 Å². The molecule has 1 aromatic heterocycles. The molecule has 1 unspecified atom stereocenters. The lowest BCUT2D eigenvalue weighted by Crippen LogP contribution is -2.46. The third kappa shape index (κ3) is 3.63. The summed E-state index contributed by atoms with van der Waals surface area (Å²) < 4.78 is 38.4. The number of amides is 1. The van der Waals surface area contributed by atoms with E-state index in [4.69, 9.17) is 5.73 Å². The number of benzene rings is 1. The Morgan fingerprint density at radius 2 is 1.96 bits per heavy atom. The molecule has 2 heterocycles. The molecule has 0 spiro atoms. The van der Waals surface area contributed by atoms with Crippen LogP contribution in [0.1, 0.15) is 11.3 Å². The number of fused-ring (bicyclic) bond motifs is 1. The molecule has 1 atom stereocenters. The maximum absolute atomic E-state index is 12.8. The van der Waals surface area contributed by atoms with Gasteiger partial charge in [0.25, 0.3) is 0 Å². The molecule has 0 saturated carbocycles. The lowest BCUT2D eigenvalue weighted by molar-refractivity contribution is -0.137. The van der Waals surface area contributed by atoms with E-state index in [0.717, 1.165) is 17.8 Å². The van der Waals surface area contributed by atoms with Crippen LogP contribution in [-0.2, 0) is 17.4 Å². The number of nitrogens with one attached hydrogen (secondary N) is 1. The van der Waals surface area contributed by atoms with Crippen LogP contribution in [0.4, 0.5) is 30.4 Å². The summed E-state index contributed by atoms with van der Waals surface area (Å²) in [6.07, 6.45) is -2.75. The van der Waals surface area contributed by atoms with Crippen molar-refractivity contribution in [3.8, 4) is 0 Å². The Bertz CT molecular complexity index is 833. The fourth-order valence-corrected chi connectivity index (χ4v) is 2.96. The molecule has 1 aliphatic heterocycles. The second-order valence-corrected chi connectivity index (χ2v) is 5.97. The van der Waals surface area contributed by atoms with Gasteiger partial charge in [0.1, 0.15) is 5.82 Å². The number of nitrogen functional groups attached to an aromatic ring is 1. The molecule has 1 amide bonds. The maximum atomic E-state index is 12.8. The number of aromatic nitrogens is 1. The zero-order valence-corrected chi connectivity index (χ0v) is 13.8. The molecule has 2 aromatic rings. The van der Waals surface area contributed by atoms with Crippen LogP contribution in [0.15, 0.2) is 49.1 Å². The third-order valence-electron chi connectivity index (χ3n) is 4.14. The minimum Gasteiger partial charge on any atom is -0.384 e. The second-order valence-electron chi connectivity index (χ2n) is 5.97. The fourth-order valence-electron chi connectivity index (χ4n) is 2.96. The van der Waals surface area contributed by atoms with Crippen LogP contribution in [0.25, 0.3) is 0 Å². The van der Waals surface area contributed by atoms with Gasteiger partial charge in [-0.1, -0.05) is 6.58 Å². The number of nitrogens with two attached hydrogens (primary N) is 1. The molecule has 5 nitrogen and oxygen atoms in total. The Balaban J connectivity index is 1.96. The van der Waals surface area contributed by atoms with Gasteiger partial charge in [0.2, 0.25) is 5.91 Å². The number of carbonyl (C=O) groups excluding carboxylic acids is 1. The van der Waals surface area contributed by atoms with E-state index in [-0.39, 0.29) is 11.9 Å². The summed E-state index contributed by atoms with van der Waals surface area (Å²) in [6.45, 7) is 3.82. The molecular formula is C18H17F3N4O. The number of nitrogens with zero attached hydrogens (tertiary/aromatic N) is 2. The highest BCUT2D eigenvalue weighted by Gasteiger charge is 2.31. The van der Waals surface area contributed by atoms with Crippen LogP contribution in [0.2, 0.25) is 0 Å². The molecule has 0 radical (unpaired) electrons. The highest BCUT2D eigenvalue weighted by atomic mass is 19.4. The van der Waals surface area contributed by atoms with Gasteiger partial charge in [-0.25, -0.2) is 4.98 Å². The summed E-state index contributed by atoms with van der Waals surface area (Å²) in [5.41, 5.74) is 7.03. The van der Waals surface area contributed by atoms with Gasteiger partial charge in [-0.3, -0.25) is 4.79 Å². The molecule has 0 saturated heterocycles. The molecule has 0 bridgehead atoms. The quantitative estimate of drug-likeness (QED) is 0.824. The molecule has 26 heavy (non-hydrogen) atoms. The van der Waals surface area contributed by atoms with Gasteiger partial charge in [-0.2, -0.15) is 13.2 Å². The van der Waals surface area contributed by atoms with E-state index >= 15 is 0 Å². The molecule has 136 valence electrons. The van der Waals surface area contributed by atoms with Gasteiger partial charge < -0.3 is 16.0 Å². The van der Waals surface area contributed by atoms with Gasteiger partial charge in [0, 0.05) is 18.7 Å². The van der Waals surface area contributed by atoms with Crippen LogP contribution >= 0.6 is 0 Å². The van der Waals surface area contributed by atoms with Crippen molar-refractivity contribution >= 4 is 23.1 Å². The molecule has 0 fully saturated rings. The van der Waals surface area contributed by atoms with Gasteiger partial charge in [-0.05, 0) is 42.5 Å². The van der Waals surface area contributed by atoms with Crippen molar-refractivity contribution in [3.05, 3.63) is 60.3 Å². The highest BCUT2D eigenvalue weighted by molar-refractivity contribution is 5.87. The van der Waals surface area contributed by atoms with Crippen molar-refractivity contribution in [3.63, 3.8) is 0 Å². The topological polar surface area (TPSA) is 71.2 Å². The van der Waals surface area contributed by atoms with Crippen molar-refractivity contribution in [2.45, 2.75) is 18.6 Å². The molecule has 1 aliphatic rings. The number of hydrogen-bond donors (Lipinski definition) is 2. The van der Waals surface area contributed by atoms with Crippen molar-refractivity contribution in [2.75, 3.05) is 17.2 Å². The van der Waals surface area contributed by atoms with Gasteiger partial charge in [0.05, 0.1) is 23.0 Å². The van der Waals surface area contributed by atoms with E-state index in [1.165, 1.54) is 18.2 Å². The lowest BCUT2D eigenvalue weighted by Gasteiger charge is -2.36. The minimum absolute atomic E-state index is 0.274. The minimum atomic E-state index is -4.39. The van der Waals surface area contributed by atoms with Crippen LogP contribution in [-0.4, -0.2) is 23.5 Å². The van der Waals surface area contributed by atoms with Crippen LogP contribution in [0.3, 0.4) is 0 Å². The largest absolute Gasteiger partial charge is 0.416 e. The van der Waals surface area contributed by atoms with E-state index in [9.17, 15) is 18.0 Å². The first kappa shape index (κ1) is 17.8. The summed E-state index contributed by atoms with van der Waals surface area (Å²) in [6, 6.07) is 8.02. The van der Waals surface area contributed by atoms with Crippen LogP contribution in [0, 0.1) is 0 Å². The van der Waals surface area contributed by atoms with Crippen LogP contribution < -0.4 is 16.0 Å². The van der Waals surface area contributed by atoms with E-state index in [1.807, 2.05) is 4.90 Å². The van der Waals surface area contributed by atoms with Crippen molar-refractivity contribution < 1.29 is 18.0 Å². The maximum Gasteiger partial charge on any atom is 0.416 e. The highest BCUT2D eigenvalue weighted by Crippen LogP contribution is 2.35. The Kier molecular flexibility index (Phi) is 4.58. The second kappa shape index (κ2) is 6.70. The molecule has 1 aromatic carbocycles. The zero-order chi connectivity index (χ0) is 18.9. The molecule has 8 heteroatoms. The third-order valence-corrected chi connectivity index (χ3v) is 4.14. The Labute approximate surface area is 148 Å². The number of halogens is 3. The van der Waals surface area contributed by atoms with Gasteiger partial charge >= 0.3 is 6.18 Å². The van der Waals surface area contributed by atoms with Crippen LogP contribution in [0.5, 0.6) is 0 Å². The van der Waals surface area contributed by atoms with Crippen molar-refractivity contribution in [1.82, 2.24) is 10.3 Å². The smallest absolute Gasteiger partial charge is 0.384 e. The van der Waals surface area contributed by atoms with Crippen molar-refractivity contribution in [1.29, 1.82) is 0 Å². The first-order valence-corrected chi connectivity index (χ1v) is 7.91. The average molecular weight is 362 g/mol. The monoisotopic (exact) mass is 362 g/mol. The predicted molar refractivity (Wildman–Crippen MR) is 92.9 cm³/mol. The number of hydrogen-bond acceptors (Lipinski definition) is 4. The SMILES string of the molecule is C=CC(=O)NC1Cc2nc(N)ccc2N(c2ccc(C(F)(F)F)cc2)C1. The Morgan fingerprint density at radius 3 is 2.58 bits per heavy atom. The number of anilines is 3. The summed E-state index contributed by atoms with van der Waals surface area (Å²) in [7, 11) is 0. The first-order chi connectivity index (χ1) is 12.3. The molecular weight excluding hydrogens is 345 g/mol. The summed E-state index contributed by atoms with van der Waals surface area (Å²) in [4.78, 5) is 17.8. The number of carbonyl (C=O) groups is 1. The standard InChI is InChI=1S/C18H17F3N4O/c1-2-17(26)23-12-9-14-15(7-8-16(22)24-14)25(10-12)13-5-3-11(4-6-13)18(19,20)21/h2-8,12H,1,9-10H2,(H2,22,24)(H,23,26). The van der Waals surface area contributed by atoms with E-state index in [2.05, 4.69) is 16.9 Å². The molecule has 3 N–H and O–H groups in total. The Morgan fingerprint density at radius 1 is 1.27 bits per heavy atom. The fraction of sp³-hybridized carbons (Fsp3) is 0.222. The molecule has 0 aliphatic carbocycles. The normalized spacial score (nSPS) is 16.7.